The molecule has 1 amide bonds. The van der Waals surface area contributed by atoms with Crippen LogP contribution in [0.5, 0.6) is 0 Å². The van der Waals surface area contributed by atoms with E-state index in [-0.39, 0.29) is 18.3 Å². The van der Waals surface area contributed by atoms with Gasteiger partial charge in [-0.15, -0.1) is 12.4 Å². The number of halogens is 1. The molecule has 0 spiro atoms. The number of amides is 1. The lowest BCUT2D eigenvalue weighted by molar-refractivity contribution is 0.0773. The van der Waals surface area contributed by atoms with Crippen LogP contribution in [0, 0.1) is 6.92 Å². The Bertz CT molecular complexity index is 739. The summed E-state index contributed by atoms with van der Waals surface area (Å²) in [5.74, 6) is 0.140. The van der Waals surface area contributed by atoms with Crippen LogP contribution in [0.3, 0.4) is 0 Å². The number of carbonyl (C=O) groups is 1. The lowest BCUT2D eigenvalue weighted by atomic mass is 10.2. The van der Waals surface area contributed by atoms with Crippen LogP contribution < -0.4 is 5.32 Å². The number of rotatable bonds is 3. The number of aryl methyl sites for hydroxylation is 1. The van der Waals surface area contributed by atoms with E-state index in [4.69, 9.17) is 0 Å². The molecule has 2 aromatic rings. The van der Waals surface area contributed by atoms with Gasteiger partial charge < -0.3 is 10.2 Å². The molecule has 1 aromatic carbocycles. The first-order chi connectivity index (χ1) is 12.2. The van der Waals surface area contributed by atoms with E-state index in [0.717, 1.165) is 62.6 Å². The lowest BCUT2D eigenvalue weighted by Gasteiger charge is -2.32. The van der Waals surface area contributed by atoms with Gasteiger partial charge in [0, 0.05) is 57.1 Å². The van der Waals surface area contributed by atoms with Gasteiger partial charge in [-0.2, -0.15) is 5.10 Å². The third-order valence-electron chi connectivity index (χ3n) is 5.22. The Hall–Kier alpha value is -1.89. The SMILES string of the molecule is Cc1ccn(-c2ccc(C(=O)N3CCC(N4CCNCC4)C3)cc2)n1.Cl. The summed E-state index contributed by atoms with van der Waals surface area (Å²) in [6, 6.07) is 10.2. The standard InChI is InChI=1S/C19H25N5O.ClH/c1-15-6-11-24(21-15)17-4-2-16(3-5-17)19(25)23-10-7-18(14-23)22-12-8-20-9-13-22;/h2-6,11,18,20H,7-10,12-14H2,1H3;1H. The summed E-state index contributed by atoms with van der Waals surface area (Å²) in [4.78, 5) is 17.3. The minimum absolute atomic E-state index is 0. The number of benzene rings is 1. The number of likely N-dealkylation sites (tertiary alicyclic amines) is 1. The molecule has 140 valence electrons. The van der Waals surface area contributed by atoms with E-state index in [9.17, 15) is 4.79 Å². The maximum Gasteiger partial charge on any atom is 0.253 e. The number of piperazine rings is 1. The molecule has 1 aromatic heterocycles. The van der Waals surface area contributed by atoms with Crippen molar-refractivity contribution >= 4 is 18.3 Å². The van der Waals surface area contributed by atoms with Crippen molar-refractivity contribution in [2.45, 2.75) is 19.4 Å². The van der Waals surface area contributed by atoms with Crippen molar-refractivity contribution in [2.75, 3.05) is 39.3 Å². The van der Waals surface area contributed by atoms with Crippen LogP contribution in [0.4, 0.5) is 0 Å². The first kappa shape index (κ1) is 18.9. The Morgan fingerprint density at radius 3 is 2.50 bits per heavy atom. The summed E-state index contributed by atoms with van der Waals surface area (Å²) >= 11 is 0. The normalized spacial score (nSPS) is 20.8. The molecule has 7 heteroatoms. The molecule has 26 heavy (non-hydrogen) atoms. The van der Waals surface area contributed by atoms with Gasteiger partial charge in [0.2, 0.25) is 0 Å². The highest BCUT2D eigenvalue weighted by Gasteiger charge is 2.31. The maximum atomic E-state index is 12.8. The first-order valence-corrected chi connectivity index (χ1v) is 9.07. The van der Waals surface area contributed by atoms with E-state index in [1.165, 1.54) is 0 Å². The van der Waals surface area contributed by atoms with E-state index in [1.807, 2.05) is 53.0 Å². The summed E-state index contributed by atoms with van der Waals surface area (Å²) < 4.78 is 1.83. The molecule has 4 rings (SSSR count). The monoisotopic (exact) mass is 375 g/mol. The molecule has 1 unspecified atom stereocenters. The van der Waals surface area contributed by atoms with E-state index < -0.39 is 0 Å². The summed E-state index contributed by atoms with van der Waals surface area (Å²) in [7, 11) is 0. The Balaban J connectivity index is 0.00000196. The van der Waals surface area contributed by atoms with Crippen LogP contribution in [-0.4, -0.2) is 70.8 Å². The van der Waals surface area contributed by atoms with Crippen molar-refractivity contribution in [3.05, 3.63) is 47.8 Å². The van der Waals surface area contributed by atoms with Gasteiger partial charge >= 0.3 is 0 Å². The molecular weight excluding hydrogens is 350 g/mol. The third-order valence-corrected chi connectivity index (χ3v) is 5.22. The van der Waals surface area contributed by atoms with Crippen molar-refractivity contribution < 1.29 is 4.79 Å². The molecule has 1 atom stereocenters. The fourth-order valence-corrected chi connectivity index (χ4v) is 3.77. The van der Waals surface area contributed by atoms with Gasteiger partial charge in [0.25, 0.3) is 5.91 Å². The molecule has 2 fully saturated rings. The predicted molar refractivity (Wildman–Crippen MR) is 104 cm³/mol. The van der Waals surface area contributed by atoms with Gasteiger partial charge in [0.1, 0.15) is 0 Å². The topological polar surface area (TPSA) is 53.4 Å². The third kappa shape index (κ3) is 3.92. The second kappa shape index (κ2) is 8.20. The van der Waals surface area contributed by atoms with E-state index in [0.29, 0.717) is 6.04 Å². The van der Waals surface area contributed by atoms with Gasteiger partial charge in [-0.05, 0) is 43.7 Å². The van der Waals surface area contributed by atoms with Crippen LogP contribution in [-0.2, 0) is 0 Å². The average molecular weight is 376 g/mol. The average Bonchev–Trinajstić information content (AvgIpc) is 3.31. The number of hydrogen-bond donors (Lipinski definition) is 1. The zero-order valence-electron chi connectivity index (χ0n) is 15.1. The Labute approximate surface area is 160 Å². The van der Waals surface area contributed by atoms with E-state index in [2.05, 4.69) is 15.3 Å². The van der Waals surface area contributed by atoms with Gasteiger partial charge in [-0.1, -0.05) is 0 Å². The van der Waals surface area contributed by atoms with Gasteiger partial charge in [-0.25, -0.2) is 4.68 Å². The molecule has 2 saturated heterocycles. The molecule has 0 radical (unpaired) electrons. The largest absolute Gasteiger partial charge is 0.337 e. The van der Waals surface area contributed by atoms with Crippen molar-refractivity contribution in [2.24, 2.45) is 0 Å². The Kier molecular flexibility index (Phi) is 5.96. The highest BCUT2D eigenvalue weighted by atomic mass is 35.5. The second-order valence-corrected chi connectivity index (χ2v) is 6.93. The molecule has 1 N–H and O–H groups in total. The van der Waals surface area contributed by atoms with Crippen molar-refractivity contribution in [1.82, 2.24) is 24.9 Å². The summed E-state index contributed by atoms with van der Waals surface area (Å²) in [6.45, 7) is 7.95. The van der Waals surface area contributed by atoms with Gasteiger partial charge in [0.05, 0.1) is 11.4 Å². The maximum absolute atomic E-state index is 12.8. The Morgan fingerprint density at radius 2 is 1.85 bits per heavy atom. The molecule has 6 nitrogen and oxygen atoms in total. The van der Waals surface area contributed by atoms with Crippen molar-refractivity contribution in [3.63, 3.8) is 0 Å². The van der Waals surface area contributed by atoms with E-state index >= 15 is 0 Å². The number of nitrogens with one attached hydrogen (secondary N) is 1. The zero-order chi connectivity index (χ0) is 17.2. The number of aromatic nitrogens is 2. The van der Waals surface area contributed by atoms with Crippen LogP contribution in [0.2, 0.25) is 0 Å². The molecule has 2 aliphatic rings. The smallest absolute Gasteiger partial charge is 0.253 e. The number of carbonyl (C=O) groups excluding carboxylic acids is 1. The first-order valence-electron chi connectivity index (χ1n) is 9.07. The Morgan fingerprint density at radius 1 is 1.12 bits per heavy atom. The summed E-state index contributed by atoms with van der Waals surface area (Å²) in [6.07, 6.45) is 3.01. The van der Waals surface area contributed by atoms with Crippen molar-refractivity contribution in [3.8, 4) is 5.69 Å². The fraction of sp³-hybridized carbons (Fsp3) is 0.474. The van der Waals surface area contributed by atoms with Crippen LogP contribution in [0.1, 0.15) is 22.5 Å². The van der Waals surface area contributed by atoms with Crippen LogP contribution in [0.25, 0.3) is 5.69 Å². The number of nitrogens with zero attached hydrogens (tertiary/aromatic N) is 4. The molecule has 3 heterocycles. The predicted octanol–water partition coefficient (Wildman–Crippen LogP) is 1.72. The van der Waals surface area contributed by atoms with Crippen molar-refractivity contribution in [1.29, 1.82) is 0 Å². The zero-order valence-corrected chi connectivity index (χ0v) is 15.9. The van der Waals surface area contributed by atoms with Gasteiger partial charge in [0.15, 0.2) is 0 Å². The molecule has 0 bridgehead atoms. The highest BCUT2D eigenvalue weighted by Crippen LogP contribution is 2.19. The molecule has 2 aliphatic heterocycles. The van der Waals surface area contributed by atoms with E-state index in [1.54, 1.807) is 0 Å². The van der Waals surface area contributed by atoms with Crippen LogP contribution >= 0.6 is 12.4 Å². The summed E-state index contributed by atoms with van der Waals surface area (Å²) in [5.41, 5.74) is 2.72. The lowest BCUT2D eigenvalue weighted by Crippen LogP contribution is -2.49. The van der Waals surface area contributed by atoms with Crippen LogP contribution in [0.15, 0.2) is 36.5 Å². The number of hydrogen-bond acceptors (Lipinski definition) is 4. The molecular formula is C19H26ClN5O. The molecule has 0 aliphatic carbocycles. The quantitative estimate of drug-likeness (QED) is 0.887. The summed E-state index contributed by atoms with van der Waals surface area (Å²) in [5, 5.41) is 7.79. The minimum atomic E-state index is 0. The fourth-order valence-electron chi connectivity index (χ4n) is 3.77. The second-order valence-electron chi connectivity index (χ2n) is 6.93. The van der Waals surface area contributed by atoms with Gasteiger partial charge in [-0.3, -0.25) is 9.69 Å². The highest BCUT2D eigenvalue weighted by molar-refractivity contribution is 5.94. The minimum Gasteiger partial charge on any atom is -0.337 e. The molecule has 0 saturated carbocycles.